The van der Waals surface area contributed by atoms with E-state index in [0.717, 1.165) is 12.1 Å². The van der Waals surface area contributed by atoms with Crippen LogP contribution in [0.2, 0.25) is 0 Å². The maximum atomic E-state index is 14.0. The summed E-state index contributed by atoms with van der Waals surface area (Å²) in [6.07, 6.45) is 0.617. The molecule has 0 radical (unpaired) electrons. The molecule has 1 fully saturated rings. The van der Waals surface area contributed by atoms with Crippen LogP contribution in [0.3, 0.4) is 0 Å². The minimum atomic E-state index is -0.917. The van der Waals surface area contributed by atoms with Gasteiger partial charge in [-0.05, 0) is 18.6 Å². The highest BCUT2D eigenvalue weighted by atomic mass is 19.1. The maximum Gasteiger partial charge on any atom is 0.317 e. The summed E-state index contributed by atoms with van der Waals surface area (Å²) in [6.45, 7) is 1.70. The molecule has 0 saturated carbocycles. The second kappa shape index (κ2) is 6.50. The van der Waals surface area contributed by atoms with Crippen LogP contribution in [0.5, 0.6) is 0 Å². The molecule has 21 heavy (non-hydrogen) atoms. The van der Waals surface area contributed by atoms with Crippen molar-refractivity contribution in [2.24, 2.45) is 0 Å². The molecule has 1 aromatic rings. The number of carbonyl (C=O) groups is 1. The first kappa shape index (κ1) is 15.2. The van der Waals surface area contributed by atoms with Gasteiger partial charge in [-0.25, -0.2) is 8.78 Å². The number of carboxylic acid groups (broad SMARTS) is 1. The van der Waals surface area contributed by atoms with E-state index in [0.29, 0.717) is 32.6 Å². The van der Waals surface area contributed by atoms with Crippen molar-refractivity contribution >= 4 is 11.7 Å². The molecule has 5 nitrogen and oxygen atoms in total. The number of benzene rings is 1. The number of nitriles is 1. The first-order valence-corrected chi connectivity index (χ1v) is 6.59. The van der Waals surface area contributed by atoms with E-state index in [2.05, 4.69) is 0 Å². The summed E-state index contributed by atoms with van der Waals surface area (Å²) in [5, 5.41) is 17.5. The van der Waals surface area contributed by atoms with Crippen LogP contribution in [0.25, 0.3) is 0 Å². The van der Waals surface area contributed by atoms with E-state index >= 15 is 0 Å². The lowest BCUT2D eigenvalue weighted by molar-refractivity contribution is -0.138. The number of hydrogen-bond donors (Lipinski definition) is 1. The van der Waals surface area contributed by atoms with Crippen LogP contribution in [0.15, 0.2) is 12.1 Å². The van der Waals surface area contributed by atoms with E-state index in [4.69, 9.17) is 10.4 Å². The smallest absolute Gasteiger partial charge is 0.317 e. The molecule has 0 aliphatic carbocycles. The number of anilines is 1. The first-order valence-electron chi connectivity index (χ1n) is 6.59. The molecule has 0 atom stereocenters. The summed E-state index contributed by atoms with van der Waals surface area (Å²) in [5.41, 5.74) is -0.206. The Morgan fingerprint density at radius 1 is 1.24 bits per heavy atom. The topological polar surface area (TPSA) is 67.6 Å². The van der Waals surface area contributed by atoms with Gasteiger partial charge in [0, 0.05) is 26.2 Å². The zero-order valence-electron chi connectivity index (χ0n) is 11.4. The lowest BCUT2D eigenvalue weighted by atomic mass is 10.2. The van der Waals surface area contributed by atoms with Crippen LogP contribution < -0.4 is 4.90 Å². The molecule has 1 aliphatic heterocycles. The quantitative estimate of drug-likeness (QED) is 0.913. The van der Waals surface area contributed by atoms with E-state index in [1.165, 1.54) is 0 Å². The number of carboxylic acids is 1. The Kier molecular flexibility index (Phi) is 4.70. The molecule has 0 aromatic heterocycles. The second-order valence-corrected chi connectivity index (χ2v) is 4.91. The number of aliphatic carboxylic acids is 1. The fourth-order valence-corrected chi connectivity index (χ4v) is 2.48. The molecule has 1 aromatic carbocycles. The lowest BCUT2D eigenvalue weighted by Gasteiger charge is -2.24. The predicted octanol–water partition coefficient (Wildman–Crippen LogP) is 1.43. The lowest BCUT2D eigenvalue weighted by Crippen LogP contribution is -2.34. The Morgan fingerprint density at radius 3 is 2.48 bits per heavy atom. The highest BCUT2D eigenvalue weighted by Crippen LogP contribution is 2.25. The second-order valence-electron chi connectivity index (χ2n) is 4.91. The van der Waals surface area contributed by atoms with Gasteiger partial charge >= 0.3 is 5.97 Å². The highest BCUT2D eigenvalue weighted by Gasteiger charge is 2.22. The van der Waals surface area contributed by atoms with Gasteiger partial charge in [-0.15, -0.1) is 0 Å². The van der Waals surface area contributed by atoms with Gasteiger partial charge in [-0.2, -0.15) is 5.26 Å². The normalized spacial score (nSPS) is 16.3. The fraction of sp³-hybridized carbons (Fsp3) is 0.429. The van der Waals surface area contributed by atoms with Gasteiger partial charge in [0.05, 0.1) is 18.2 Å². The van der Waals surface area contributed by atoms with Crippen molar-refractivity contribution in [3.63, 3.8) is 0 Å². The fourth-order valence-electron chi connectivity index (χ4n) is 2.48. The molecule has 1 aliphatic rings. The number of halogens is 2. The van der Waals surface area contributed by atoms with E-state index < -0.39 is 17.6 Å². The summed E-state index contributed by atoms with van der Waals surface area (Å²) >= 11 is 0. The minimum Gasteiger partial charge on any atom is -0.480 e. The highest BCUT2D eigenvalue weighted by molar-refractivity contribution is 5.69. The third-order valence-electron chi connectivity index (χ3n) is 3.41. The van der Waals surface area contributed by atoms with Crippen LogP contribution in [-0.2, 0) is 4.79 Å². The number of hydrogen-bond acceptors (Lipinski definition) is 4. The van der Waals surface area contributed by atoms with Crippen LogP contribution in [0.4, 0.5) is 14.5 Å². The largest absolute Gasteiger partial charge is 0.480 e. The SMILES string of the molecule is N#Cc1cc(F)c(N2CCCN(CC(=O)O)CC2)c(F)c1. The zero-order chi connectivity index (χ0) is 15.4. The number of nitrogens with zero attached hydrogens (tertiary/aromatic N) is 3. The van der Waals surface area contributed by atoms with Crippen LogP contribution >= 0.6 is 0 Å². The van der Waals surface area contributed by atoms with Crippen molar-refractivity contribution in [3.05, 3.63) is 29.3 Å². The van der Waals surface area contributed by atoms with E-state index in [9.17, 15) is 13.6 Å². The van der Waals surface area contributed by atoms with E-state index in [1.807, 2.05) is 0 Å². The van der Waals surface area contributed by atoms with Crippen molar-refractivity contribution < 1.29 is 18.7 Å². The van der Waals surface area contributed by atoms with Gasteiger partial charge in [0.15, 0.2) is 11.6 Å². The predicted molar refractivity (Wildman–Crippen MR) is 72.0 cm³/mol. The van der Waals surface area contributed by atoms with Crippen molar-refractivity contribution in [3.8, 4) is 6.07 Å². The summed E-state index contributed by atoms with van der Waals surface area (Å²) < 4.78 is 28.0. The molecule has 2 rings (SSSR count). The Balaban J connectivity index is 2.16. The van der Waals surface area contributed by atoms with Crippen LogP contribution in [0.1, 0.15) is 12.0 Å². The molecular weight excluding hydrogens is 280 g/mol. The summed E-state index contributed by atoms with van der Waals surface area (Å²) in [4.78, 5) is 14.0. The molecule has 112 valence electrons. The van der Waals surface area contributed by atoms with E-state index in [1.54, 1.807) is 15.9 Å². The third kappa shape index (κ3) is 3.67. The summed E-state index contributed by atoms with van der Waals surface area (Å²) in [7, 11) is 0. The maximum absolute atomic E-state index is 14.0. The van der Waals surface area contributed by atoms with Crippen LogP contribution in [0, 0.1) is 23.0 Å². The minimum absolute atomic E-state index is 0.0592. The average molecular weight is 295 g/mol. The van der Waals surface area contributed by atoms with Gasteiger partial charge in [0.1, 0.15) is 5.69 Å². The van der Waals surface area contributed by atoms with Crippen molar-refractivity contribution in [1.82, 2.24) is 4.90 Å². The van der Waals surface area contributed by atoms with E-state index in [-0.39, 0.29) is 17.8 Å². The van der Waals surface area contributed by atoms with Gasteiger partial charge in [0.25, 0.3) is 0 Å². The molecule has 0 spiro atoms. The molecule has 0 unspecified atom stereocenters. The molecule has 1 N–H and O–H groups in total. The van der Waals surface area contributed by atoms with Gasteiger partial charge < -0.3 is 10.0 Å². The summed E-state index contributed by atoms with van der Waals surface area (Å²) in [6, 6.07) is 3.73. The molecule has 1 heterocycles. The average Bonchev–Trinajstić information content (AvgIpc) is 2.63. The Hall–Kier alpha value is -2.20. The standard InChI is InChI=1S/C14H15F2N3O2/c15-11-6-10(8-17)7-12(16)14(11)19-3-1-2-18(4-5-19)9-13(20)21/h6-7H,1-5,9H2,(H,20,21). The number of rotatable bonds is 3. The molecular formula is C14H15F2N3O2. The molecule has 0 bridgehead atoms. The van der Waals surface area contributed by atoms with Gasteiger partial charge in [-0.1, -0.05) is 0 Å². The first-order chi connectivity index (χ1) is 10.0. The monoisotopic (exact) mass is 295 g/mol. The Bertz CT molecular complexity index is 563. The van der Waals surface area contributed by atoms with Crippen molar-refractivity contribution in [2.75, 3.05) is 37.6 Å². The zero-order valence-corrected chi connectivity index (χ0v) is 11.4. The molecule has 0 amide bonds. The van der Waals surface area contributed by atoms with Gasteiger partial charge in [-0.3, -0.25) is 9.69 Å². The Labute approximate surface area is 121 Å². The molecule has 7 heteroatoms. The van der Waals surface area contributed by atoms with Crippen molar-refractivity contribution in [2.45, 2.75) is 6.42 Å². The summed E-state index contributed by atoms with van der Waals surface area (Å²) in [5.74, 6) is -2.45. The van der Waals surface area contributed by atoms with Crippen LogP contribution in [-0.4, -0.2) is 48.7 Å². The van der Waals surface area contributed by atoms with Gasteiger partial charge in [0.2, 0.25) is 0 Å². The van der Waals surface area contributed by atoms with Crippen molar-refractivity contribution in [1.29, 1.82) is 5.26 Å². The molecule has 1 saturated heterocycles. The third-order valence-corrected chi connectivity index (χ3v) is 3.41. The Morgan fingerprint density at radius 2 is 1.90 bits per heavy atom.